The lowest BCUT2D eigenvalue weighted by atomic mass is 10.1. The van der Waals surface area contributed by atoms with E-state index in [0.29, 0.717) is 49.5 Å². The van der Waals surface area contributed by atoms with E-state index < -0.39 is 0 Å². The third-order valence-corrected chi connectivity index (χ3v) is 4.72. The molecule has 3 rings (SSSR count). The number of rotatable bonds is 4. The molecular weight excluding hydrogens is 346 g/mol. The zero-order chi connectivity index (χ0) is 19.4. The Morgan fingerprint density at radius 3 is 2.30 bits per heavy atom. The van der Waals surface area contributed by atoms with Crippen LogP contribution in [0.3, 0.4) is 0 Å². The van der Waals surface area contributed by atoms with Crippen molar-refractivity contribution in [1.82, 2.24) is 14.8 Å². The summed E-state index contributed by atoms with van der Waals surface area (Å²) in [4.78, 5) is 43.3. The van der Waals surface area contributed by atoms with E-state index in [-0.39, 0.29) is 17.4 Å². The molecule has 1 aromatic heterocycles. The Hall–Kier alpha value is -3.09. The number of hydrogen-bond acceptors (Lipinski definition) is 4. The Morgan fingerprint density at radius 2 is 1.67 bits per heavy atom. The minimum atomic E-state index is -0.275. The van der Waals surface area contributed by atoms with E-state index in [0.717, 1.165) is 5.69 Å². The zero-order valence-corrected chi connectivity index (χ0v) is 15.5. The number of piperazine rings is 1. The van der Waals surface area contributed by atoms with Gasteiger partial charge in [0.25, 0.3) is 11.8 Å². The smallest absolute Gasteiger partial charge is 0.257 e. The number of aryl methyl sites for hydroxylation is 1. The summed E-state index contributed by atoms with van der Waals surface area (Å²) in [6, 6.07) is 10.2. The van der Waals surface area contributed by atoms with Gasteiger partial charge in [-0.05, 0) is 24.6 Å². The molecule has 0 saturated carbocycles. The van der Waals surface area contributed by atoms with Gasteiger partial charge in [-0.15, -0.1) is 0 Å². The van der Waals surface area contributed by atoms with E-state index in [2.05, 4.69) is 4.98 Å². The van der Waals surface area contributed by atoms with E-state index in [1.807, 2.05) is 13.0 Å². The molecule has 7 nitrogen and oxygen atoms in total. The van der Waals surface area contributed by atoms with Gasteiger partial charge in [-0.25, -0.2) is 0 Å². The second-order valence-electron chi connectivity index (χ2n) is 6.40. The van der Waals surface area contributed by atoms with Crippen molar-refractivity contribution in [3.8, 4) is 5.75 Å². The van der Waals surface area contributed by atoms with Gasteiger partial charge >= 0.3 is 0 Å². The summed E-state index contributed by atoms with van der Waals surface area (Å²) in [6.07, 6.45) is 0.650. The Labute approximate surface area is 157 Å². The summed E-state index contributed by atoms with van der Waals surface area (Å²) >= 11 is 0. The van der Waals surface area contributed by atoms with Crippen molar-refractivity contribution in [2.45, 2.75) is 13.3 Å². The maximum absolute atomic E-state index is 12.8. The van der Waals surface area contributed by atoms with Crippen LogP contribution in [-0.2, 0) is 6.42 Å². The van der Waals surface area contributed by atoms with Crippen LogP contribution in [0.5, 0.6) is 5.75 Å². The molecule has 1 fully saturated rings. The molecule has 0 unspecified atom stereocenters. The number of H-pyrrole nitrogens is 1. The van der Waals surface area contributed by atoms with Crippen LogP contribution in [0.2, 0.25) is 0 Å². The van der Waals surface area contributed by atoms with Crippen molar-refractivity contribution in [2.24, 2.45) is 0 Å². The first kappa shape index (κ1) is 18.7. The van der Waals surface area contributed by atoms with Gasteiger partial charge in [-0.3, -0.25) is 14.4 Å². The molecule has 1 saturated heterocycles. The number of nitrogens with one attached hydrogen (secondary N) is 1. The standard InChI is InChI=1S/C20H23N3O4/c1-3-15-12-14(13-18(24)21-15)19(25)22-8-10-23(11-9-22)20(26)16-6-4-5-7-17(16)27-2/h4-7,12-13H,3,8-11H2,1-2H3,(H,21,24). The van der Waals surface area contributed by atoms with Crippen molar-refractivity contribution in [3.05, 3.63) is 63.6 Å². The molecule has 1 N–H and O–H groups in total. The average Bonchev–Trinajstić information content (AvgIpc) is 2.72. The Morgan fingerprint density at radius 1 is 1.04 bits per heavy atom. The lowest BCUT2D eigenvalue weighted by Gasteiger charge is -2.35. The van der Waals surface area contributed by atoms with Gasteiger partial charge in [-0.1, -0.05) is 19.1 Å². The normalized spacial score (nSPS) is 14.1. The lowest BCUT2D eigenvalue weighted by molar-refractivity contribution is 0.0533. The maximum Gasteiger partial charge on any atom is 0.257 e. The second-order valence-corrected chi connectivity index (χ2v) is 6.40. The van der Waals surface area contributed by atoms with E-state index >= 15 is 0 Å². The van der Waals surface area contributed by atoms with Gasteiger partial charge in [0.2, 0.25) is 5.56 Å². The summed E-state index contributed by atoms with van der Waals surface area (Å²) in [5.41, 5.74) is 1.36. The second kappa shape index (κ2) is 8.07. The highest BCUT2D eigenvalue weighted by molar-refractivity contribution is 5.97. The summed E-state index contributed by atoms with van der Waals surface area (Å²) < 4.78 is 5.26. The van der Waals surface area contributed by atoms with Crippen molar-refractivity contribution in [1.29, 1.82) is 0 Å². The maximum atomic E-state index is 12.8. The number of nitrogens with zero attached hydrogens (tertiary/aromatic N) is 2. The fourth-order valence-corrected chi connectivity index (χ4v) is 3.20. The molecular formula is C20H23N3O4. The van der Waals surface area contributed by atoms with E-state index in [1.54, 1.807) is 34.1 Å². The van der Waals surface area contributed by atoms with E-state index in [9.17, 15) is 14.4 Å². The topological polar surface area (TPSA) is 82.7 Å². The molecule has 0 aliphatic carbocycles. The quantitative estimate of drug-likeness (QED) is 0.886. The minimum Gasteiger partial charge on any atom is -0.496 e. The highest BCUT2D eigenvalue weighted by Crippen LogP contribution is 2.20. The molecule has 0 bridgehead atoms. The highest BCUT2D eigenvalue weighted by atomic mass is 16.5. The number of amides is 2. The molecule has 2 heterocycles. The molecule has 0 spiro atoms. The largest absolute Gasteiger partial charge is 0.496 e. The Balaban J connectivity index is 1.68. The predicted octanol–water partition coefficient (Wildman–Crippen LogP) is 1.54. The molecule has 27 heavy (non-hydrogen) atoms. The van der Waals surface area contributed by atoms with Crippen molar-refractivity contribution < 1.29 is 14.3 Å². The van der Waals surface area contributed by atoms with Crippen molar-refractivity contribution >= 4 is 11.8 Å². The lowest BCUT2D eigenvalue weighted by Crippen LogP contribution is -2.50. The monoisotopic (exact) mass is 369 g/mol. The predicted molar refractivity (Wildman–Crippen MR) is 101 cm³/mol. The molecule has 1 aliphatic heterocycles. The van der Waals surface area contributed by atoms with Gasteiger partial charge in [-0.2, -0.15) is 0 Å². The number of methoxy groups -OCH3 is 1. The van der Waals surface area contributed by atoms with Gasteiger partial charge in [0, 0.05) is 43.5 Å². The zero-order valence-electron chi connectivity index (χ0n) is 15.5. The highest BCUT2D eigenvalue weighted by Gasteiger charge is 2.27. The number of hydrogen-bond donors (Lipinski definition) is 1. The third kappa shape index (κ3) is 4.02. The number of carbonyl (C=O) groups excluding carboxylic acids is 2. The number of aromatic nitrogens is 1. The number of benzene rings is 1. The fraction of sp³-hybridized carbons (Fsp3) is 0.350. The van der Waals surface area contributed by atoms with Crippen LogP contribution in [0.4, 0.5) is 0 Å². The summed E-state index contributed by atoms with van der Waals surface area (Å²) in [6.45, 7) is 3.64. The molecule has 1 aliphatic rings. The molecule has 0 atom stereocenters. The summed E-state index contributed by atoms with van der Waals surface area (Å²) in [5, 5.41) is 0. The molecule has 2 amide bonds. The summed E-state index contributed by atoms with van der Waals surface area (Å²) in [7, 11) is 1.54. The number of ether oxygens (including phenoxy) is 1. The van der Waals surface area contributed by atoms with E-state index in [1.165, 1.54) is 13.2 Å². The van der Waals surface area contributed by atoms with Crippen LogP contribution in [0.15, 0.2) is 41.2 Å². The van der Waals surface area contributed by atoms with Crippen LogP contribution in [0, 0.1) is 0 Å². The van der Waals surface area contributed by atoms with Crippen LogP contribution < -0.4 is 10.3 Å². The molecule has 2 aromatic rings. The molecule has 142 valence electrons. The molecule has 7 heteroatoms. The van der Waals surface area contributed by atoms with Crippen LogP contribution in [-0.4, -0.2) is 59.9 Å². The van der Waals surface area contributed by atoms with Gasteiger partial charge in [0.05, 0.1) is 12.7 Å². The van der Waals surface area contributed by atoms with Crippen LogP contribution >= 0.6 is 0 Å². The first-order valence-corrected chi connectivity index (χ1v) is 8.98. The van der Waals surface area contributed by atoms with Crippen LogP contribution in [0.1, 0.15) is 33.3 Å². The van der Waals surface area contributed by atoms with Crippen LogP contribution in [0.25, 0.3) is 0 Å². The number of pyridine rings is 1. The number of para-hydroxylation sites is 1. The van der Waals surface area contributed by atoms with Gasteiger partial charge in [0.1, 0.15) is 5.75 Å². The first-order chi connectivity index (χ1) is 13.0. The van der Waals surface area contributed by atoms with Crippen molar-refractivity contribution in [2.75, 3.05) is 33.3 Å². The van der Waals surface area contributed by atoms with E-state index in [4.69, 9.17) is 4.74 Å². The SMILES string of the molecule is CCc1cc(C(=O)N2CCN(C(=O)c3ccccc3OC)CC2)cc(=O)[nH]1. The first-order valence-electron chi connectivity index (χ1n) is 8.98. The van der Waals surface area contributed by atoms with Gasteiger partial charge < -0.3 is 19.5 Å². The Kier molecular flexibility index (Phi) is 5.59. The third-order valence-electron chi connectivity index (χ3n) is 4.72. The van der Waals surface area contributed by atoms with Crippen molar-refractivity contribution in [3.63, 3.8) is 0 Å². The minimum absolute atomic E-state index is 0.107. The molecule has 1 aromatic carbocycles. The number of carbonyl (C=O) groups is 2. The fourth-order valence-electron chi connectivity index (χ4n) is 3.20. The average molecular weight is 369 g/mol. The summed E-state index contributed by atoms with van der Waals surface area (Å²) in [5.74, 6) is 0.251. The number of aromatic amines is 1. The van der Waals surface area contributed by atoms with Gasteiger partial charge in [0.15, 0.2) is 0 Å². The Bertz CT molecular complexity index is 898. The molecule has 0 radical (unpaired) electrons.